The van der Waals surface area contributed by atoms with Gasteiger partial charge in [0.1, 0.15) is 11.9 Å². The SMILES string of the molecule is Cc1cc(O[C@@H]2CN[C@H](C(=O)NC3CCCCC3)C2)ccc1Cl. The Labute approximate surface area is 142 Å². The number of aryl methyl sites for hydroxylation is 1. The van der Waals surface area contributed by atoms with Gasteiger partial charge in [-0.3, -0.25) is 4.79 Å². The van der Waals surface area contributed by atoms with E-state index in [4.69, 9.17) is 16.3 Å². The van der Waals surface area contributed by atoms with Gasteiger partial charge >= 0.3 is 0 Å². The van der Waals surface area contributed by atoms with E-state index in [0.29, 0.717) is 19.0 Å². The highest BCUT2D eigenvalue weighted by molar-refractivity contribution is 6.31. The standard InChI is InChI=1S/C18H25ClN2O2/c1-12-9-14(7-8-16(12)19)23-15-10-17(20-11-15)18(22)21-13-5-3-2-4-6-13/h7-9,13,15,17,20H,2-6,10-11H2,1H3,(H,21,22)/t15-,17-/m0/s1. The molecule has 0 unspecified atom stereocenters. The zero-order valence-electron chi connectivity index (χ0n) is 13.6. The van der Waals surface area contributed by atoms with Crippen molar-refractivity contribution in [3.05, 3.63) is 28.8 Å². The lowest BCUT2D eigenvalue weighted by Crippen LogP contribution is -2.45. The number of ether oxygens (including phenoxy) is 1. The molecule has 2 aliphatic rings. The monoisotopic (exact) mass is 336 g/mol. The second-order valence-corrected chi connectivity index (χ2v) is 7.10. The smallest absolute Gasteiger partial charge is 0.237 e. The molecule has 1 aromatic rings. The summed E-state index contributed by atoms with van der Waals surface area (Å²) in [6, 6.07) is 5.89. The second-order valence-electron chi connectivity index (χ2n) is 6.69. The summed E-state index contributed by atoms with van der Waals surface area (Å²) in [5.74, 6) is 0.933. The van der Waals surface area contributed by atoms with Crippen LogP contribution in [0.25, 0.3) is 0 Å². The third kappa shape index (κ3) is 4.39. The maximum atomic E-state index is 12.4. The average molecular weight is 337 g/mol. The minimum atomic E-state index is -0.143. The molecule has 4 nitrogen and oxygen atoms in total. The minimum absolute atomic E-state index is 0.0256. The molecule has 1 saturated heterocycles. The third-order valence-electron chi connectivity index (χ3n) is 4.79. The minimum Gasteiger partial charge on any atom is -0.489 e. The molecule has 1 amide bonds. The molecule has 126 valence electrons. The highest BCUT2D eigenvalue weighted by Crippen LogP contribution is 2.24. The molecule has 1 aromatic carbocycles. The second kappa shape index (κ2) is 7.54. The van der Waals surface area contributed by atoms with Crippen LogP contribution in [0, 0.1) is 6.92 Å². The fraction of sp³-hybridized carbons (Fsp3) is 0.611. The Morgan fingerprint density at radius 2 is 2.09 bits per heavy atom. The number of rotatable bonds is 4. The summed E-state index contributed by atoms with van der Waals surface area (Å²) in [4.78, 5) is 12.4. The van der Waals surface area contributed by atoms with Gasteiger partial charge in [-0.2, -0.15) is 0 Å². The van der Waals surface area contributed by atoms with Crippen molar-refractivity contribution in [1.82, 2.24) is 10.6 Å². The van der Waals surface area contributed by atoms with Gasteiger partial charge in [-0.25, -0.2) is 0 Å². The van der Waals surface area contributed by atoms with Crippen LogP contribution >= 0.6 is 11.6 Å². The summed E-state index contributed by atoms with van der Waals surface area (Å²) in [5, 5.41) is 7.21. The lowest BCUT2D eigenvalue weighted by Gasteiger charge is -2.24. The first-order valence-corrected chi connectivity index (χ1v) is 8.96. The molecule has 5 heteroatoms. The van der Waals surface area contributed by atoms with Crippen molar-refractivity contribution in [2.24, 2.45) is 0 Å². The van der Waals surface area contributed by atoms with Crippen molar-refractivity contribution < 1.29 is 9.53 Å². The predicted molar refractivity (Wildman–Crippen MR) is 92.0 cm³/mol. The Kier molecular flexibility index (Phi) is 5.44. The number of amides is 1. The van der Waals surface area contributed by atoms with E-state index < -0.39 is 0 Å². The fourth-order valence-electron chi connectivity index (χ4n) is 3.42. The number of hydrogen-bond acceptors (Lipinski definition) is 3. The van der Waals surface area contributed by atoms with Crippen molar-refractivity contribution in [2.45, 2.75) is 63.6 Å². The topological polar surface area (TPSA) is 50.4 Å². The molecule has 2 fully saturated rings. The number of carbonyl (C=O) groups is 1. The van der Waals surface area contributed by atoms with Crippen molar-refractivity contribution in [1.29, 1.82) is 0 Å². The summed E-state index contributed by atoms with van der Waals surface area (Å²) >= 11 is 6.03. The van der Waals surface area contributed by atoms with Crippen molar-refractivity contribution in [2.75, 3.05) is 6.54 Å². The molecule has 1 aliphatic heterocycles. The lowest BCUT2D eigenvalue weighted by atomic mass is 9.95. The zero-order chi connectivity index (χ0) is 16.2. The Balaban J connectivity index is 1.49. The molecule has 0 bridgehead atoms. The molecule has 2 atom stereocenters. The van der Waals surface area contributed by atoms with Crippen LogP contribution < -0.4 is 15.4 Å². The predicted octanol–water partition coefficient (Wildman–Crippen LogP) is 3.21. The third-order valence-corrected chi connectivity index (χ3v) is 5.21. The molecule has 1 saturated carbocycles. The summed E-state index contributed by atoms with van der Waals surface area (Å²) in [5.41, 5.74) is 1.00. The van der Waals surface area contributed by atoms with Gasteiger partial charge in [-0.1, -0.05) is 30.9 Å². The van der Waals surface area contributed by atoms with Gasteiger partial charge in [0, 0.05) is 24.0 Å². The number of benzene rings is 1. The molecule has 0 radical (unpaired) electrons. The van der Waals surface area contributed by atoms with Crippen LogP contribution in [0.2, 0.25) is 5.02 Å². The van der Waals surface area contributed by atoms with Gasteiger partial charge in [0.25, 0.3) is 0 Å². The van der Waals surface area contributed by atoms with E-state index in [1.54, 1.807) is 0 Å². The van der Waals surface area contributed by atoms with Crippen molar-refractivity contribution >= 4 is 17.5 Å². The van der Waals surface area contributed by atoms with E-state index in [9.17, 15) is 4.79 Å². The van der Waals surface area contributed by atoms with Crippen molar-refractivity contribution in [3.63, 3.8) is 0 Å². The Morgan fingerprint density at radius 3 is 2.83 bits per heavy atom. The number of nitrogens with one attached hydrogen (secondary N) is 2. The van der Waals surface area contributed by atoms with Crippen LogP contribution in [-0.2, 0) is 4.79 Å². The molecule has 1 aliphatic carbocycles. The Morgan fingerprint density at radius 1 is 1.30 bits per heavy atom. The van der Waals surface area contributed by atoms with E-state index in [1.165, 1.54) is 19.3 Å². The molecule has 0 spiro atoms. The van der Waals surface area contributed by atoms with Crippen LogP contribution in [0.1, 0.15) is 44.1 Å². The van der Waals surface area contributed by atoms with Crippen LogP contribution in [0.5, 0.6) is 5.75 Å². The highest BCUT2D eigenvalue weighted by Gasteiger charge is 2.31. The summed E-state index contributed by atoms with van der Waals surface area (Å²) in [6.07, 6.45) is 6.71. The number of halogens is 1. The van der Waals surface area contributed by atoms with Crippen LogP contribution in [0.3, 0.4) is 0 Å². The van der Waals surface area contributed by atoms with Gasteiger partial charge < -0.3 is 15.4 Å². The zero-order valence-corrected chi connectivity index (χ0v) is 14.4. The van der Waals surface area contributed by atoms with Crippen LogP contribution in [0.4, 0.5) is 0 Å². The number of carbonyl (C=O) groups excluding carboxylic acids is 1. The van der Waals surface area contributed by atoms with E-state index in [1.807, 2.05) is 25.1 Å². The van der Waals surface area contributed by atoms with E-state index in [0.717, 1.165) is 29.2 Å². The average Bonchev–Trinajstić information content (AvgIpc) is 3.01. The summed E-state index contributed by atoms with van der Waals surface area (Å²) in [6.45, 7) is 2.66. The maximum Gasteiger partial charge on any atom is 0.237 e. The van der Waals surface area contributed by atoms with E-state index in [2.05, 4.69) is 10.6 Å². The number of hydrogen-bond donors (Lipinski definition) is 2. The van der Waals surface area contributed by atoms with Crippen molar-refractivity contribution in [3.8, 4) is 5.75 Å². The molecule has 23 heavy (non-hydrogen) atoms. The normalized spacial score (nSPS) is 25.3. The lowest BCUT2D eigenvalue weighted by molar-refractivity contribution is -0.123. The van der Waals surface area contributed by atoms with Crippen LogP contribution in [-0.4, -0.2) is 30.6 Å². The highest BCUT2D eigenvalue weighted by atomic mass is 35.5. The van der Waals surface area contributed by atoms with Crippen LogP contribution in [0.15, 0.2) is 18.2 Å². The van der Waals surface area contributed by atoms with Gasteiger partial charge in [0.15, 0.2) is 0 Å². The first kappa shape index (κ1) is 16.6. The van der Waals surface area contributed by atoms with Gasteiger partial charge in [0.2, 0.25) is 5.91 Å². The first-order valence-electron chi connectivity index (χ1n) is 8.58. The fourth-order valence-corrected chi connectivity index (χ4v) is 3.54. The molecule has 0 aromatic heterocycles. The molecular weight excluding hydrogens is 312 g/mol. The largest absolute Gasteiger partial charge is 0.489 e. The Hall–Kier alpha value is -1.26. The van der Waals surface area contributed by atoms with Gasteiger partial charge in [-0.15, -0.1) is 0 Å². The van der Waals surface area contributed by atoms with E-state index in [-0.39, 0.29) is 18.1 Å². The summed E-state index contributed by atoms with van der Waals surface area (Å²) in [7, 11) is 0. The molecular formula is C18H25ClN2O2. The molecule has 2 N–H and O–H groups in total. The summed E-state index contributed by atoms with van der Waals surface area (Å²) < 4.78 is 5.98. The van der Waals surface area contributed by atoms with Gasteiger partial charge in [-0.05, 0) is 43.5 Å². The Bertz CT molecular complexity index is 558. The van der Waals surface area contributed by atoms with E-state index >= 15 is 0 Å². The maximum absolute atomic E-state index is 12.4. The first-order chi connectivity index (χ1) is 11.1. The molecule has 1 heterocycles. The van der Waals surface area contributed by atoms with Gasteiger partial charge in [0.05, 0.1) is 6.04 Å². The quantitative estimate of drug-likeness (QED) is 0.887. The molecule has 3 rings (SSSR count).